The van der Waals surface area contributed by atoms with Gasteiger partial charge in [0.15, 0.2) is 0 Å². The highest BCUT2D eigenvalue weighted by molar-refractivity contribution is 7.15. The summed E-state index contributed by atoms with van der Waals surface area (Å²) in [6, 6.07) is 0. The summed E-state index contributed by atoms with van der Waals surface area (Å²) in [7, 11) is 0. The number of thiazole rings is 1. The molecule has 1 aliphatic rings. The van der Waals surface area contributed by atoms with Gasteiger partial charge >= 0.3 is 0 Å². The van der Waals surface area contributed by atoms with Gasteiger partial charge < -0.3 is 4.90 Å². The predicted octanol–water partition coefficient (Wildman–Crippen LogP) is 3.14. The second-order valence-electron chi connectivity index (χ2n) is 5.08. The number of rotatable bonds is 2. The van der Waals surface area contributed by atoms with Gasteiger partial charge in [-0.2, -0.15) is 0 Å². The molecule has 0 spiro atoms. The third kappa shape index (κ3) is 2.58. The van der Waals surface area contributed by atoms with E-state index < -0.39 is 0 Å². The summed E-state index contributed by atoms with van der Waals surface area (Å²) in [5.41, 5.74) is 0.135. The van der Waals surface area contributed by atoms with Gasteiger partial charge in [-0.1, -0.05) is 18.5 Å². The van der Waals surface area contributed by atoms with Crippen LogP contribution in [0.4, 0.5) is 5.82 Å². The van der Waals surface area contributed by atoms with E-state index in [2.05, 4.69) is 26.8 Å². The predicted molar refractivity (Wildman–Crippen MR) is 78.0 cm³/mol. The zero-order valence-corrected chi connectivity index (χ0v) is 12.3. The van der Waals surface area contributed by atoms with Crippen LogP contribution in [0.2, 0.25) is 4.34 Å². The fourth-order valence-electron chi connectivity index (χ4n) is 2.43. The molecule has 3 heterocycles. The molecule has 0 aromatic carbocycles. The molecule has 2 aromatic rings. The average molecular weight is 295 g/mol. The van der Waals surface area contributed by atoms with Crippen LogP contribution in [0.25, 0.3) is 0 Å². The van der Waals surface area contributed by atoms with Crippen LogP contribution in [0.15, 0.2) is 24.8 Å². The number of hydrogen-bond acceptors (Lipinski definition) is 5. The van der Waals surface area contributed by atoms with Gasteiger partial charge in [-0.25, -0.2) is 9.97 Å². The summed E-state index contributed by atoms with van der Waals surface area (Å²) in [6.07, 6.45) is 9.14. The van der Waals surface area contributed by atoms with E-state index >= 15 is 0 Å². The number of aromatic nitrogens is 3. The molecule has 0 radical (unpaired) electrons. The van der Waals surface area contributed by atoms with Gasteiger partial charge in [-0.3, -0.25) is 4.98 Å². The largest absolute Gasteiger partial charge is 0.355 e. The van der Waals surface area contributed by atoms with Crippen molar-refractivity contribution in [2.75, 3.05) is 18.0 Å². The minimum absolute atomic E-state index is 0.135. The van der Waals surface area contributed by atoms with Crippen LogP contribution < -0.4 is 4.90 Å². The number of piperidine rings is 1. The lowest BCUT2D eigenvalue weighted by Crippen LogP contribution is -2.41. The highest BCUT2D eigenvalue weighted by atomic mass is 35.5. The quantitative estimate of drug-likeness (QED) is 0.853. The van der Waals surface area contributed by atoms with E-state index in [1.54, 1.807) is 29.9 Å². The van der Waals surface area contributed by atoms with Crippen molar-refractivity contribution in [1.82, 2.24) is 15.0 Å². The van der Waals surface area contributed by atoms with Crippen molar-refractivity contribution < 1.29 is 0 Å². The molecule has 0 unspecified atom stereocenters. The standard InChI is InChI=1S/C13H15ClN4S/c1-13(12-17-8-10(14)19-12)2-6-18(7-3-13)11-9-15-4-5-16-11/h4-5,8-9H,2-3,6-7H2,1H3. The van der Waals surface area contributed by atoms with Crippen LogP contribution >= 0.6 is 22.9 Å². The number of nitrogens with zero attached hydrogens (tertiary/aromatic N) is 4. The number of halogens is 1. The lowest BCUT2D eigenvalue weighted by molar-refractivity contribution is 0.360. The molecule has 0 amide bonds. The number of anilines is 1. The van der Waals surface area contributed by atoms with Crippen LogP contribution in [-0.2, 0) is 5.41 Å². The van der Waals surface area contributed by atoms with E-state index in [4.69, 9.17) is 11.6 Å². The summed E-state index contributed by atoms with van der Waals surface area (Å²) >= 11 is 7.59. The monoisotopic (exact) mass is 294 g/mol. The maximum absolute atomic E-state index is 5.99. The average Bonchev–Trinajstić information content (AvgIpc) is 2.88. The lowest BCUT2D eigenvalue weighted by atomic mass is 9.81. The number of hydrogen-bond donors (Lipinski definition) is 0. The molecule has 3 rings (SSSR count). The van der Waals surface area contributed by atoms with Gasteiger partial charge in [0.2, 0.25) is 0 Å². The van der Waals surface area contributed by atoms with E-state index in [1.165, 1.54) is 0 Å². The van der Waals surface area contributed by atoms with Crippen LogP contribution in [0.3, 0.4) is 0 Å². The van der Waals surface area contributed by atoms with Crippen LogP contribution in [0.5, 0.6) is 0 Å². The van der Waals surface area contributed by atoms with Crippen molar-refractivity contribution in [3.05, 3.63) is 34.1 Å². The van der Waals surface area contributed by atoms with Gasteiger partial charge in [0, 0.05) is 30.9 Å². The first-order valence-corrected chi connectivity index (χ1v) is 7.50. The minimum atomic E-state index is 0.135. The minimum Gasteiger partial charge on any atom is -0.355 e. The molecular weight excluding hydrogens is 280 g/mol. The van der Waals surface area contributed by atoms with E-state index in [0.717, 1.165) is 41.1 Å². The van der Waals surface area contributed by atoms with Crippen molar-refractivity contribution >= 4 is 28.8 Å². The van der Waals surface area contributed by atoms with Crippen molar-refractivity contribution in [3.63, 3.8) is 0 Å². The van der Waals surface area contributed by atoms with E-state index in [9.17, 15) is 0 Å². The third-order valence-electron chi connectivity index (χ3n) is 3.73. The Hall–Kier alpha value is -1.20. The molecule has 6 heteroatoms. The first kappa shape index (κ1) is 12.8. The molecule has 4 nitrogen and oxygen atoms in total. The molecule has 2 aromatic heterocycles. The maximum Gasteiger partial charge on any atom is 0.147 e. The summed E-state index contributed by atoms with van der Waals surface area (Å²) in [4.78, 5) is 15.2. The molecule has 0 aliphatic carbocycles. The van der Waals surface area contributed by atoms with E-state index in [1.807, 2.05) is 6.20 Å². The highest BCUT2D eigenvalue weighted by Crippen LogP contribution is 2.38. The molecule has 0 N–H and O–H groups in total. The summed E-state index contributed by atoms with van der Waals surface area (Å²) < 4.78 is 0.771. The maximum atomic E-state index is 5.99. The summed E-state index contributed by atoms with van der Waals surface area (Å²) in [6.45, 7) is 4.23. The summed E-state index contributed by atoms with van der Waals surface area (Å²) in [5, 5.41) is 1.15. The van der Waals surface area contributed by atoms with Crippen LogP contribution in [0.1, 0.15) is 24.8 Å². The van der Waals surface area contributed by atoms with E-state index in [0.29, 0.717) is 0 Å². The Morgan fingerprint density at radius 1 is 1.21 bits per heavy atom. The molecule has 0 saturated carbocycles. The topological polar surface area (TPSA) is 41.9 Å². The van der Waals surface area contributed by atoms with Crippen LogP contribution in [-0.4, -0.2) is 28.0 Å². The molecule has 19 heavy (non-hydrogen) atoms. The third-order valence-corrected chi connectivity index (χ3v) is 5.16. The van der Waals surface area contributed by atoms with E-state index in [-0.39, 0.29) is 5.41 Å². The zero-order chi connectivity index (χ0) is 13.3. The molecular formula is C13H15ClN4S. The fourth-order valence-corrected chi connectivity index (χ4v) is 3.55. The Kier molecular flexibility index (Phi) is 3.41. The first-order chi connectivity index (χ1) is 9.17. The Morgan fingerprint density at radius 3 is 2.58 bits per heavy atom. The first-order valence-electron chi connectivity index (χ1n) is 6.30. The Bertz CT molecular complexity index is 549. The van der Waals surface area contributed by atoms with Gasteiger partial charge in [-0.15, -0.1) is 11.3 Å². The van der Waals surface area contributed by atoms with Crippen LogP contribution in [0, 0.1) is 0 Å². The lowest BCUT2D eigenvalue weighted by Gasteiger charge is -2.38. The molecule has 0 atom stereocenters. The molecule has 1 fully saturated rings. The SMILES string of the molecule is CC1(c2ncc(Cl)s2)CCN(c2cnccn2)CC1. The van der Waals surface area contributed by atoms with Crippen molar-refractivity contribution in [1.29, 1.82) is 0 Å². The van der Waals surface area contributed by atoms with Crippen molar-refractivity contribution in [2.24, 2.45) is 0 Å². The second-order valence-corrected chi connectivity index (χ2v) is 6.74. The molecule has 1 aliphatic heterocycles. The normalized spacial score (nSPS) is 18.5. The Morgan fingerprint density at radius 2 is 2.00 bits per heavy atom. The summed E-state index contributed by atoms with van der Waals surface area (Å²) in [5.74, 6) is 0.960. The van der Waals surface area contributed by atoms with Gasteiger partial charge in [-0.05, 0) is 12.8 Å². The zero-order valence-electron chi connectivity index (χ0n) is 10.7. The highest BCUT2D eigenvalue weighted by Gasteiger charge is 2.34. The smallest absolute Gasteiger partial charge is 0.147 e. The molecule has 1 saturated heterocycles. The van der Waals surface area contributed by atoms with Gasteiger partial charge in [0.25, 0.3) is 0 Å². The Labute approximate surface area is 121 Å². The fraction of sp³-hybridized carbons (Fsp3) is 0.462. The molecule has 100 valence electrons. The van der Waals surface area contributed by atoms with Crippen molar-refractivity contribution in [2.45, 2.75) is 25.2 Å². The molecule has 0 bridgehead atoms. The van der Waals surface area contributed by atoms with Gasteiger partial charge in [0.05, 0.1) is 12.4 Å². The second kappa shape index (κ2) is 5.06. The Balaban J connectivity index is 1.72. The van der Waals surface area contributed by atoms with Gasteiger partial charge in [0.1, 0.15) is 15.2 Å². The van der Waals surface area contributed by atoms with Crippen molar-refractivity contribution in [3.8, 4) is 0 Å².